The molecule has 0 amide bonds. The van der Waals surface area contributed by atoms with E-state index in [9.17, 15) is 9.18 Å². The minimum atomic E-state index is -0.317. The van der Waals surface area contributed by atoms with Gasteiger partial charge in [0.15, 0.2) is 5.78 Å². The molecule has 2 rings (SSSR count). The molecule has 16 heavy (non-hydrogen) atoms. The minimum Gasteiger partial charge on any atom is -0.307 e. The molecule has 4 heteroatoms. The second-order valence-corrected chi connectivity index (χ2v) is 5.02. The van der Waals surface area contributed by atoms with Crippen LogP contribution in [0.3, 0.4) is 0 Å². The van der Waals surface area contributed by atoms with Gasteiger partial charge in [-0.3, -0.25) is 4.79 Å². The van der Waals surface area contributed by atoms with Gasteiger partial charge < -0.3 is 5.32 Å². The minimum absolute atomic E-state index is 0.0314. The Balaban J connectivity index is 1.91. The lowest BCUT2D eigenvalue weighted by atomic mass is 10.1. The van der Waals surface area contributed by atoms with Crippen LogP contribution in [-0.2, 0) is 11.2 Å². The van der Waals surface area contributed by atoms with Crippen LogP contribution in [0.15, 0.2) is 22.7 Å². The highest BCUT2D eigenvalue weighted by atomic mass is 79.9. The van der Waals surface area contributed by atoms with Crippen molar-refractivity contribution in [3.63, 3.8) is 0 Å². The lowest BCUT2D eigenvalue weighted by Crippen LogP contribution is -2.26. The summed E-state index contributed by atoms with van der Waals surface area (Å²) in [5.74, 6) is -0.285. The molecule has 0 atom stereocenters. The van der Waals surface area contributed by atoms with Crippen molar-refractivity contribution in [3.8, 4) is 0 Å². The van der Waals surface area contributed by atoms with Gasteiger partial charge in [0.05, 0.1) is 6.54 Å². The first-order valence-electron chi connectivity index (χ1n) is 5.34. The molecule has 0 unspecified atom stereocenters. The molecule has 86 valence electrons. The molecule has 0 saturated heterocycles. The zero-order valence-electron chi connectivity index (χ0n) is 8.80. The topological polar surface area (TPSA) is 29.1 Å². The standard InChI is InChI=1S/C12H13BrFNO/c13-9-1-4-12(14)8(5-9)6-11(16)7-15-10-2-3-10/h1,4-5,10,15H,2-3,6-7H2. The second-order valence-electron chi connectivity index (χ2n) is 4.11. The van der Waals surface area contributed by atoms with Crippen LogP contribution in [-0.4, -0.2) is 18.4 Å². The Morgan fingerprint density at radius 1 is 1.50 bits per heavy atom. The molecule has 2 nitrogen and oxygen atoms in total. The zero-order valence-corrected chi connectivity index (χ0v) is 10.4. The van der Waals surface area contributed by atoms with Gasteiger partial charge in [0, 0.05) is 16.9 Å². The second kappa shape index (κ2) is 5.06. The first-order chi connectivity index (χ1) is 7.65. The van der Waals surface area contributed by atoms with E-state index in [1.165, 1.54) is 6.07 Å². The number of benzene rings is 1. The van der Waals surface area contributed by atoms with E-state index >= 15 is 0 Å². The number of nitrogens with one attached hydrogen (secondary N) is 1. The van der Waals surface area contributed by atoms with Crippen LogP contribution in [0.2, 0.25) is 0 Å². The van der Waals surface area contributed by atoms with Gasteiger partial charge >= 0.3 is 0 Å². The highest BCUT2D eigenvalue weighted by Gasteiger charge is 2.21. The monoisotopic (exact) mass is 285 g/mol. The number of halogens is 2. The van der Waals surface area contributed by atoms with Crippen LogP contribution in [0.25, 0.3) is 0 Å². The summed E-state index contributed by atoms with van der Waals surface area (Å²) in [7, 11) is 0. The molecule has 0 heterocycles. The fourth-order valence-electron chi connectivity index (χ4n) is 1.50. The van der Waals surface area contributed by atoms with Crippen molar-refractivity contribution in [2.24, 2.45) is 0 Å². The van der Waals surface area contributed by atoms with Gasteiger partial charge in [-0.25, -0.2) is 4.39 Å². The third-order valence-corrected chi connectivity index (χ3v) is 3.05. The first-order valence-corrected chi connectivity index (χ1v) is 6.13. The summed E-state index contributed by atoms with van der Waals surface area (Å²) in [6.07, 6.45) is 2.46. The molecule has 0 aliphatic heterocycles. The van der Waals surface area contributed by atoms with Crippen LogP contribution in [0.5, 0.6) is 0 Å². The van der Waals surface area contributed by atoms with Gasteiger partial charge in [0.1, 0.15) is 5.82 Å². The normalized spacial score (nSPS) is 15.1. The lowest BCUT2D eigenvalue weighted by Gasteiger charge is -2.04. The number of rotatable bonds is 5. The van der Waals surface area contributed by atoms with E-state index in [0.717, 1.165) is 17.3 Å². The molecular formula is C12H13BrFNO. The molecule has 1 aliphatic carbocycles. The molecule has 0 aromatic heterocycles. The van der Waals surface area contributed by atoms with Gasteiger partial charge in [-0.05, 0) is 36.6 Å². The van der Waals surface area contributed by atoms with Crippen LogP contribution in [0.1, 0.15) is 18.4 Å². The summed E-state index contributed by atoms with van der Waals surface area (Å²) in [5, 5.41) is 3.13. The number of carbonyl (C=O) groups is 1. The Morgan fingerprint density at radius 3 is 2.94 bits per heavy atom. The summed E-state index contributed by atoms with van der Waals surface area (Å²) in [5.41, 5.74) is 0.456. The van der Waals surface area contributed by atoms with Gasteiger partial charge in [0.25, 0.3) is 0 Å². The van der Waals surface area contributed by atoms with Crippen molar-refractivity contribution in [2.75, 3.05) is 6.54 Å². The smallest absolute Gasteiger partial charge is 0.151 e. The van der Waals surface area contributed by atoms with Crippen molar-refractivity contribution in [1.82, 2.24) is 5.32 Å². The largest absolute Gasteiger partial charge is 0.307 e. The Hall–Kier alpha value is -0.740. The summed E-state index contributed by atoms with van der Waals surface area (Å²) >= 11 is 3.26. The van der Waals surface area contributed by atoms with E-state index in [-0.39, 0.29) is 18.0 Å². The lowest BCUT2D eigenvalue weighted by molar-refractivity contribution is -0.117. The molecule has 1 N–H and O–H groups in total. The van der Waals surface area contributed by atoms with Gasteiger partial charge in [0.2, 0.25) is 0 Å². The fourth-order valence-corrected chi connectivity index (χ4v) is 1.91. The van der Waals surface area contributed by atoms with Gasteiger partial charge in [-0.2, -0.15) is 0 Å². The quantitative estimate of drug-likeness (QED) is 0.901. The van der Waals surface area contributed by atoms with Crippen LogP contribution >= 0.6 is 15.9 Å². The van der Waals surface area contributed by atoms with Crippen molar-refractivity contribution in [3.05, 3.63) is 34.1 Å². The molecule has 1 aliphatic rings. The summed E-state index contributed by atoms with van der Waals surface area (Å²) < 4.78 is 14.1. The summed E-state index contributed by atoms with van der Waals surface area (Å²) in [4.78, 5) is 11.6. The molecule has 0 radical (unpaired) electrons. The van der Waals surface area contributed by atoms with Gasteiger partial charge in [-0.15, -0.1) is 0 Å². The van der Waals surface area contributed by atoms with E-state index in [4.69, 9.17) is 0 Å². The maximum atomic E-state index is 13.3. The van der Waals surface area contributed by atoms with E-state index in [1.54, 1.807) is 12.1 Å². The molecular weight excluding hydrogens is 273 g/mol. The van der Waals surface area contributed by atoms with E-state index in [0.29, 0.717) is 18.2 Å². The van der Waals surface area contributed by atoms with Crippen LogP contribution < -0.4 is 5.32 Å². The van der Waals surface area contributed by atoms with Crippen LogP contribution in [0.4, 0.5) is 4.39 Å². The highest BCUT2D eigenvalue weighted by molar-refractivity contribution is 9.10. The van der Waals surface area contributed by atoms with Crippen molar-refractivity contribution < 1.29 is 9.18 Å². The van der Waals surface area contributed by atoms with Crippen molar-refractivity contribution >= 4 is 21.7 Å². The molecule has 1 fully saturated rings. The van der Waals surface area contributed by atoms with E-state index in [1.807, 2.05) is 0 Å². The number of carbonyl (C=O) groups excluding carboxylic acids is 1. The highest BCUT2D eigenvalue weighted by Crippen LogP contribution is 2.19. The van der Waals surface area contributed by atoms with E-state index in [2.05, 4.69) is 21.2 Å². The number of Topliss-reactive ketones (excluding diaryl/α,β-unsaturated/α-hetero) is 1. The molecule has 1 aromatic carbocycles. The fraction of sp³-hybridized carbons (Fsp3) is 0.417. The SMILES string of the molecule is O=C(CNC1CC1)Cc1cc(Br)ccc1F. The first kappa shape index (κ1) is 11.7. The average molecular weight is 286 g/mol. The Bertz CT molecular complexity index is 404. The zero-order chi connectivity index (χ0) is 11.5. The molecule has 0 bridgehead atoms. The van der Waals surface area contributed by atoms with Crippen molar-refractivity contribution in [1.29, 1.82) is 0 Å². The van der Waals surface area contributed by atoms with E-state index < -0.39 is 0 Å². The molecule has 1 saturated carbocycles. The number of hydrogen-bond donors (Lipinski definition) is 1. The number of ketones is 1. The molecule has 0 spiro atoms. The van der Waals surface area contributed by atoms with Crippen LogP contribution in [0, 0.1) is 5.82 Å². The maximum Gasteiger partial charge on any atom is 0.151 e. The maximum absolute atomic E-state index is 13.3. The van der Waals surface area contributed by atoms with Gasteiger partial charge in [-0.1, -0.05) is 15.9 Å². The molecule has 1 aromatic rings. The number of hydrogen-bond acceptors (Lipinski definition) is 2. The van der Waals surface area contributed by atoms with Crippen molar-refractivity contribution in [2.45, 2.75) is 25.3 Å². The third kappa shape index (κ3) is 3.39. The predicted molar refractivity (Wildman–Crippen MR) is 63.8 cm³/mol. The Morgan fingerprint density at radius 2 is 2.25 bits per heavy atom. The average Bonchev–Trinajstić information content (AvgIpc) is 3.04. The summed E-state index contributed by atoms with van der Waals surface area (Å²) in [6.45, 7) is 0.344. The summed E-state index contributed by atoms with van der Waals surface area (Å²) in [6, 6.07) is 5.17. The Kier molecular flexibility index (Phi) is 3.71. The third-order valence-electron chi connectivity index (χ3n) is 2.56. The Labute approximate surface area is 102 Å². The predicted octanol–water partition coefficient (Wildman–Crippen LogP) is 2.45.